The topological polar surface area (TPSA) is 84.9 Å². The van der Waals surface area contributed by atoms with Gasteiger partial charge in [-0.2, -0.15) is 0 Å². The van der Waals surface area contributed by atoms with Crippen LogP contribution in [0, 0.1) is 0 Å². The monoisotopic (exact) mass is 688 g/mol. The van der Waals surface area contributed by atoms with E-state index in [1.807, 2.05) is 36.7 Å². The number of ether oxygens (including phenoxy) is 2. The number of amides is 1. The minimum absolute atomic E-state index is 0.151. The Hall–Kier alpha value is -3.97. The molecule has 4 aromatic rings. The molecule has 0 unspecified atom stereocenters. The van der Waals surface area contributed by atoms with Crippen LogP contribution in [0.15, 0.2) is 91.5 Å². The van der Waals surface area contributed by atoms with Gasteiger partial charge in [-0.3, -0.25) is 24.5 Å². The second kappa shape index (κ2) is 19.4. The van der Waals surface area contributed by atoms with E-state index in [1.165, 1.54) is 55.2 Å². The van der Waals surface area contributed by atoms with Crippen LogP contribution < -0.4 is 0 Å². The summed E-state index contributed by atoms with van der Waals surface area (Å²) in [7, 11) is 0. The largest absolute Gasteiger partial charge is 0.379 e. The Labute approximate surface area is 305 Å². The molecule has 2 aliphatic heterocycles. The highest BCUT2D eigenvalue weighted by molar-refractivity contribution is 6.05. The van der Waals surface area contributed by atoms with Crippen molar-refractivity contribution in [3.8, 4) is 22.3 Å². The fraction of sp³-hybridized carbons (Fsp3) is 0.366. The Morgan fingerprint density at radius 1 is 0.700 bits per heavy atom. The summed E-state index contributed by atoms with van der Waals surface area (Å²) in [5.41, 5.74) is 11.4. The number of ketones is 1. The SMILES string of the molecule is C1=C(CCN2CCOCC2)c2cccc(-c3ccncc3)c2C1.CC(=O)N1CCOCC1.O=C1CCc2c1cccc2-c1ccncc1.[CH3][AlH2]. The number of hydrogen-bond acceptors (Lipinski definition) is 7. The van der Waals surface area contributed by atoms with Crippen LogP contribution in [0.2, 0.25) is 5.79 Å². The summed E-state index contributed by atoms with van der Waals surface area (Å²) in [6, 6.07) is 20.8. The van der Waals surface area contributed by atoms with Crippen molar-refractivity contribution in [3.63, 3.8) is 0 Å². The summed E-state index contributed by atoms with van der Waals surface area (Å²) in [6.45, 7) is 9.52. The molecule has 2 saturated heterocycles. The minimum Gasteiger partial charge on any atom is -0.379 e. The number of carbonyl (C=O) groups is 2. The van der Waals surface area contributed by atoms with Gasteiger partial charge in [-0.25, -0.2) is 0 Å². The number of rotatable bonds is 5. The first-order valence-corrected chi connectivity index (χ1v) is 20.0. The number of hydrogen-bond donors (Lipinski definition) is 0. The van der Waals surface area contributed by atoms with Gasteiger partial charge in [0.1, 0.15) is 0 Å². The number of allylic oxidation sites excluding steroid dienone is 1. The fourth-order valence-electron chi connectivity index (χ4n) is 6.76. The van der Waals surface area contributed by atoms with Gasteiger partial charge < -0.3 is 14.4 Å². The van der Waals surface area contributed by atoms with Crippen molar-refractivity contribution in [1.29, 1.82) is 0 Å². The van der Waals surface area contributed by atoms with Crippen LogP contribution >= 0.6 is 0 Å². The zero-order chi connectivity index (χ0) is 35.1. The van der Waals surface area contributed by atoms with Crippen molar-refractivity contribution in [2.45, 2.75) is 38.4 Å². The van der Waals surface area contributed by atoms with Gasteiger partial charge in [0.25, 0.3) is 0 Å². The molecule has 2 aromatic carbocycles. The molecule has 8 rings (SSSR count). The number of carbonyl (C=O) groups excluding carboxylic acids is 2. The molecule has 50 heavy (non-hydrogen) atoms. The van der Waals surface area contributed by atoms with Crippen LogP contribution in [0.5, 0.6) is 0 Å². The van der Waals surface area contributed by atoms with Gasteiger partial charge in [-0.15, -0.1) is 5.79 Å². The molecule has 2 fully saturated rings. The summed E-state index contributed by atoms with van der Waals surface area (Å²) in [4.78, 5) is 34.8. The van der Waals surface area contributed by atoms with Gasteiger partial charge in [-0.05, 0) is 88.0 Å². The van der Waals surface area contributed by atoms with Crippen molar-refractivity contribution >= 4 is 33.6 Å². The van der Waals surface area contributed by atoms with E-state index in [2.05, 4.69) is 63.1 Å². The lowest BCUT2D eigenvalue weighted by atomic mass is 9.95. The van der Waals surface area contributed by atoms with E-state index in [9.17, 15) is 9.59 Å². The van der Waals surface area contributed by atoms with Gasteiger partial charge in [0.2, 0.25) is 22.2 Å². The molecule has 2 aliphatic carbocycles. The quantitative estimate of drug-likeness (QED) is 0.245. The maximum absolute atomic E-state index is 11.6. The Morgan fingerprint density at radius 3 is 1.78 bits per heavy atom. The average Bonchev–Trinajstić information content (AvgIpc) is 3.80. The van der Waals surface area contributed by atoms with Crippen molar-refractivity contribution in [3.05, 3.63) is 114 Å². The van der Waals surface area contributed by atoms with Gasteiger partial charge in [0.15, 0.2) is 5.78 Å². The standard InChI is InChI=1S/C20H22N2O.C14H11NO.C6H11NO2.CH3.Al.2H/c1-2-18-16(8-11-22-12-14-23-15-13-22)4-5-20(18)19(3-1)17-6-9-21-10-7-17;16-14-5-4-12-11(2-1-3-13(12)14)10-6-8-15-9-7-10;1-6(8)7-2-4-9-5-3-7;;;;/h1-4,6-7,9-10H,5,8,11-15H2;1-3,6-9H,4-5H2;2-5H2,1H3;1H3;;;. The molecule has 0 saturated carbocycles. The summed E-state index contributed by atoms with van der Waals surface area (Å²) in [6.07, 6.45) is 13.4. The zero-order valence-electron chi connectivity index (χ0n) is 29.8. The number of fused-ring (bicyclic) bond motifs is 2. The Balaban J connectivity index is 0.000000156. The van der Waals surface area contributed by atoms with E-state index in [-0.39, 0.29) is 11.7 Å². The van der Waals surface area contributed by atoms with Gasteiger partial charge in [-0.1, -0.05) is 42.5 Å². The van der Waals surface area contributed by atoms with Crippen LogP contribution in [-0.2, 0) is 27.1 Å². The van der Waals surface area contributed by atoms with Crippen LogP contribution in [0.25, 0.3) is 27.8 Å². The number of benzene rings is 2. The molecule has 0 bridgehead atoms. The minimum atomic E-state index is 0.151. The summed E-state index contributed by atoms with van der Waals surface area (Å²) < 4.78 is 10.5. The van der Waals surface area contributed by atoms with E-state index in [0.29, 0.717) is 19.6 Å². The highest BCUT2D eigenvalue weighted by atomic mass is 27.0. The van der Waals surface area contributed by atoms with Gasteiger partial charge in [0.05, 0.1) is 26.4 Å². The molecule has 1 amide bonds. The lowest BCUT2D eigenvalue weighted by molar-refractivity contribution is -0.132. The molecule has 2 aromatic heterocycles. The second-order valence-corrected chi connectivity index (χ2v) is 12.3. The fourth-order valence-corrected chi connectivity index (χ4v) is 6.76. The third-order valence-electron chi connectivity index (χ3n) is 9.39. The van der Waals surface area contributed by atoms with E-state index in [0.717, 1.165) is 76.3 Å². The van der Waals surface area contributed by atoms with Crippen LogP contribution in [0.1, 0.15) is 46.8 Å². The number of pyridine rings is 2. The highest BCUT2D eigenvalue weighted by Crippen LogP contribution is 2.36. The van der Waals surface area contributed by atoms with Crippen LogP contribution in [0.4, 0.5) is 0 Å². The number of morpholine rings is 2. The van der Waals surface area contributed by atoms with Crippen molar-refractivity contribution < 1.29 is 19.1 Å². The Morgan fingerprint density at radius 2 is 1.22 bits per heavy atom. The van der Waals surface area contributed by atoms with Gasteiger partial charge in [0, 0.05) is 76.4 Å². The first kappa shape index (κ1) is 37.3. The van der Waals surface area contributed by atoms with E-state index >= 15 is 0 Å². The third-order valence-corrected chi connectivity index (χ3v) is 9.39. The predicted octanol–water partition coefficient (Wildman–Crippen LogP) is 5.82. The molecule has 260 valence electrons. The molecule has 0 N–H and O–H groups in total. The Bertz CT molecular complexity index is 1720. The summed E-state index contributed by atoms with van der Waals surface area (Å²) in [5, 5.41) is 0. The number of Topliss-reactive ketones (excluding diaryl/α,β-unsaturated/α-hetero) is 1. The molecule has 8 nitrogen and oxygen atoms in total. The van der Waals surface area contributed by atoms with Crippen molar-refractivity contribution in [2.75, 3.05) is 59.2 Å². The highest BCUT2D eigenvalue weighted by Gasteiger charge is 2.22. The lowest BCUT2D eigenvalue weighted by Crippen LogP contribution is -2.39. The molecule has 9 heteroatoms. The maximum atomic E-state index is 11.6. The Kier molecular flexibility index (Phi) is 14.5. The van der Waals surface area contributed by atoms with E-state index < -0.39 is 0 Å². The predicted molar refractivity (Wildman–Crippen MR) is 203 cm³/mol. The van der Waals surface area contributed by atoms with E-state index in [1.54, 1.807) is 24.2 Å². The summed E-state index contributed by atoms with van der Waals surface area (Å²) >= 11 is 1.31. The van der Waals surface area contributed by atoms with E-state index in [4.69, 9.17) is 9.47 Å². The molecule has 0 radical (unpaired) electrons. The first-order chi connectivity index (χ1) is 24.6. The molecular weight excluding hydrogens is 639 g/mol. The summed E-state index contributed by atoms with van der Waals surface area (Å²) in [5.74, 6) is 2.56. The molecule has 4 heterocycles. The molecule has 4 aliphatic rings. The number of aromatic nitrogens is 2. The molecular formula is C41H49AlN4O4. The first-order valence-electron chi connectivity index (χ1n) is 18.0. The van der Waals surface area contributed by atoms with Crippen LogP contribution in [0.3, 0.4) is 0 Å². The maximum Gasteiger partial charge on any atom is 0.219 e. The van der Waals surface area contributed by atoms with Crippen molar-refractivity contribution in [1.82, 2.24) is 19.8 Å². The zero-order valence-corrected chi connectivity index (χ0v) is 31.8. The smallest absolute Gasteiger partial charge is 0.219 e. The third kappa shape index (κ3) is 9.84. The van der Waals surface area contributed by atoms with Crippen LogP contribution in [-0.4, -0.2) is 107 Å². The average molecular weight is 689 g/mol. The van der Waals surface area contributed by atoms with Crippen molar-refractivity contribution in [2.24, 2.45) is 0 Å². The second-order valence-electron chi connectivity index (χ2n) is 12.3. The normalized spacial score (nSPS) is 16.3. The van der Waals surface area contributed by atoms with Gasteiger partial charge >= 0.3 is 0 Å². The molecule has 0 spiro atoms. The lowest BCUT2D eigenvalue weighted by Gasteiger charge is -2.26. The molecule has 0 atom stereocenters. The number of nitrogens with zero attached hydrogens (tertiary/aromatic N) is 4.